The molecular weight excluding hydrogens is 408 g/mol. The van der Waals surface area contributed by atoms with E-state index < -0.39 is 0 Å². The highest BCUT2D eigenvalue weighted by Crippen LogP contribution is 2.28. The van der Waals surface area contributed by atoms with Gasteiger partial charge in [0, 0.05) is 54.7 Å². The van der Waals surface area contributed by atoms with E-state index in [2.05, 4.69) is 31.9 Å². The summed E-state index contributed by atoms with van der Waals surface area (Å²) >= 11 is 0. The van der Waals surface area contributed by atoms with Gasteiger partial charge in [-0.2, -0.15) is 0 Å². The zero-order valence-corrected chi connectivity index (χ0v) is 18.3. The largest absolute Gasteiger partial charge is 0.370 e. The normalized spacial score (nSPS) is 10.8. The second kappa shape index (κ2) is 9.01. The monoisotopic (exact) mass is 432 g/mol. The molecule has 0 amide bonds. The predicted molar refractivity (Wildman–Crippen MR) is 136 cm³/mol. The van der Waals surface area contributed by atoms with E-state index in [9.17, 15) is 4.79 Å². The summed E-state index contributed by atoms with van der Waals surface area (Å²) < 4.78 is 2.11. The van der Waals surface area contributed by atoms with Crippen LogP contribution in [0.4, 0.5) is 17.2 Å². The van der Waals surface area contributed by atoms with Crippen molar-refractivity contribution in [2.45, 2.75) is 6.54 Å². The van der Waals surface area contributed by atoms with Crippen molar-refractivity contribution in [1.29, 1.82) is 0 Å². The maximum absolute atomic E-state index is 13.2. The Labute approximate surface area is 192 Å². The summed E-state index contributed by atoms with van der Waals surface area (Å²) in [7, 11) is 2.05. The molecule has 0 unspecified atom stereocenters. The van der Waals surface area contributed by atoms with Gasteiger partial charge in [0.25, 0.3) is 0 Å². The Bertz CT molecular complexity index is 1430. The number of nitrogens with one attached hydrogen (secondary N) is 1. The molecule has 0 saturated heterocycles. The summed E-state index contributed by atoms with van der Waals surface area (Å²) in [5, 5.41) is 4.04. The Morgan fingerprint density at radius 1 is 0.848 bits per heavy atom. The molecule has 2 aromatic heterocycles. The Morgan fingerprint density at radius 3 is 2.18 bits per heavy atom. The SMILES string of the molecule is CN(Cc1cncc2c(=O)cc(Nc3ccccc3)n(-c3ccccc3)c12)c1ccccc1. The third-order valence-electron chi connectivity index (χ3n) is 5.66. The lowest BCUT2D eigenvalue weighted by Crippen LogP contribution is -2.19. The van der Waals surface area contributed by atoms with Crippen molar-refractivity contribution in [2.75, 3.05) is 17.3 Å². The predicted octanol–water partition coefficient (Wildman–Crippen LogP) is 5.77. The first kappa shape index (κ1) is 20.5. The Hall–Kier alpha value is -4.38. The molecule has 3 aromatic carbocycles. The molecule has 0 aliphatic rings. The van der Waals surface area contributed by atoms with Crippen molar-refractivity contribution in [3.05, 3.63) is 125 Å². The van der Waals surface area contributed by atoms with E-state index >= 15 is 0 Å². The summed E-state index contributed by atoms with van der Waals surface area (Å²) in [6.07, 6.45) is 3.52. The third-order valence-corrected chi connectivity index (χ3v) is 5.66. The second-order valence-corrected chi connectivity index (χ2v) is 7.94. The number of anilines is 3. The number of hydrogen-bond donors (Lipinski definition) is 1. The molecule has 0 fully saturated rings. The van der Waals surface area contributed by atoms with Gasteiger partial charge in [-0.1, -0.05) is 54.6 Å². The van der Waals surface area contributed by atoms with Crippen LogP contribution in [-0.4, -0.2) is 16.6 Å². The quantitative estimate of drug-likeness (QED) is 0.370. The molecule has 1 N–H and O–H groups in total. The number of pyridine rings is 2. The van der Waals surface area contributed by atoms with Crippen molar-refractivity contribution >= 4 is 28.1 Å². The highest BCUT2D eigenvalue weighted by Gasteiger charge is 2.16. The lowest BCUT2D eigenvalue weighted by molar-refractivity contribution is 0.913. The van der Waals surface area contributed by atoms with Gasteiger partial charge >= 0.3 is 0 Å². The van der Waals surface area contributed by atoms with Crippen LogP contribution in [0.2, 0.25) is 0 Å². The average Bonchev–Trinajstić information content (AvgIpc) is 2.86. The molecular formula is C28H24N4O. The van der Waals surface area contributed by atoms with E-state index in [1.54, 1.807) is 12.3 Å². The lowest BCUT2D eigenvalue weighted by atomic mass is 10.1. The molecule has 0 radical (unpaired) electrons. The fourth-order valence-electron chi connectivity index (χ4n) is 4.08. The molecule has 33 heavy (non-hydrogen) atoms. The summed E-state index contributed by atoms with van der Waals surface area (Å²) in [4.78, 5) is 19.7. The number of aromatic nitrogens is 2. The zero-order chi connectivity index (χ0) is 22.6. The van der Waals surface area contributed by atoms with Crippen LogP contribution < -0.4 is 15.6 Å². The van der Waals surface area contributed by atoms with Crippen molar-refractivity contribution in [3.8, 4) is 5.69 Å². The molecule has 5 heteroatoms. The third kappa shape index (κ3) is 4.21. The van der Waals surface area contributed by atoms with Crippen LogP contribution in [0.5, 0.6) is 0 Å². The Balaban J connectivity index is 1.73. The van der Waals surface area contributed by atoms with E-state index in [1.807, 2.05) is 92.1 Å². The topological polar surface area (TPSA) is 50.2 Å². The van der Waals surface area contributed by atoms with Crippen LogP contribution in [0.25, 0.3) is 16.6 Å². The molecule has 0 saturated carbocycles. The summed E-state index contributed by atoms with van der Waals surface area (Å²) in [6, 6.07) is 31.8. The van der Waals surface area contributed by atoms with Gasteiger partial charge in [-0.05, 0) is 36.4 Å². The van der Waals surface area contributed by atoms with Crippen LogP contribution in [0.3, 0.4) is 0 Å². The zero-order valence-electron chi connectivity index (χ0n) is 18.3. The molecule has 0 atom stereocenters. The van der Waals surface area contributed by atoms with E-state index in [-0.39, 0.29) is 5.43 Å². The Morgan fingerprint density at radius 2 is 1.48 bits per heavy atom. The molecule has 5 aromatic rings. The average molecular weight is 433 g/mol. The minimum atomic E-state index is -0.0627. The van der Waals surface area contributed by atoms with Crippen molar-refractivity contribution < 1.29 is 0 Å². The number of nitrogens with zero attached hydrogens (tertiary/aromatic N) is 3. The van der Waals surface area contributed by atoms with Gasteiger partial charge in [-0.3, -0.25) is 14.3 Å². The first-order valence-electron chi connectivity index (χ1n) is 10.9. The first-order valence-corrected chi connectivity index (χ1v) is 10.9. The van der Waals surface area contributed by atoms with Gasteiger partial charge in [0.1, 0.15) is 5.82 Å². The number of hydrogen-bond acceptors (Lipinski definition) is 4. The van der Waals surface area contributed by atoms with Crippen LogP contribution in [0.1, 0.15) is 5.56 Å². The fourth-order valence-corrected chi connectivity index (χ4v) is 4.08. The van der Waals surface area contributed by atoms with Gasteiger partial charge in [0.2, 0.25) is 0 Å². The fraction of sp³-hybridized carbons (Fsp3) is 0.0714. The summed E-state index contributed by atoms with van der Waals surface area (Å²) in [5.74, 6) is 0.708. The molecule has 0 bridgehead atoms. The Kier molecular flexibility index (Phi) is 5.60. The van der Waals surface area contributed by atoms with Crippen molar-refractivity contribution in [2.24, 2.45) is 0 Å². The second-order valence-electron chi connectivity index (χ2n) is 7.94. The van der Waals surface area contributed by atoms with Crippen molar-refractivity contribution in [1.82, 2.24) is 9.55 Å². The minimum absolute atomic E-state index is 0.0627. The van der Waals surface area contributed by atoms with E-state index in [4.69, 9.17) is 0 Å². The molecule has 0 aliphatic heterocycles. The molecule has 2 heterocycles. The van der Waals surface area contributed by atoms with Crippen LogP contribution >= 0.6 is 0 Å². The molecule has 0 aliphatic carbocycles. The van der Waals surface area contributed by atoms with Crippen LogP contribution in [0.15, 0.2) is 114 Å². The van der Waals surface area contributed by atoms with Gasteiger partial charge in [-0.25, -0.2) is 0 Å². The summed E-state index contributed by atoms with van der Waals surface area (Å²) in [5.41, 5.74) is 4.74. The standard InChI is InChI=1S/C28H24N4O/c1-31(23-13-7-3-8-14-23)20-21-18-29-19-25-26(33)17-27(30-22-11-5-2-6-12-22)32(28(21)25)24-15-9-4-10-16-24/h2-19,30H,20H2,1H3. The van der Waals surface area contributed by atoms with E-state index in [0.717, 1.165) is 28.1 Å². The number of benzene rings is 3. The smallest absolute Gasteiger partial charge is 0.193 e. The van der Waals surface area contributed by atoms with Gasteiger partial charge in [-0.15, -0.1) is 0 Å². The van der Waals surface area contributed by atoms with Crippen LogP contribution in [-0.2, 0) is 6.54 Å². The molecule has 162 valence electrons. The van der Waals surface area contributed by atoms with Gasteiger partial charge in [0.15, 0.2) is 5.43 Å². The van der Waals surface area contributed by atoms with Crippen LogP contribution in [0, 0.1) is 0 Å². The highest BCUT2D eigenvalue weighted by atomic mass is 16.1. The van der Waals surface area contributed by atoms with E-state index in [1.165, 1.54) is 0 Å². The molecule has 5 nitrogen and oxygen atoms in total. The van der Waals surface area contributed by atoms with Gasteiger partial charge in [0.05, 0.1) is 10.9 Å². The van der Waals surface area contributed by atoms with Crippen molar-refractivity contribution in [3.63, 3.8) is 0 Å². The summed E-state index contributed by atoms with van der Waals surface area (Å²) in [6.45, 7) is 0.607. The minimum Gasteiger partial charge on any atom is -0.370 e. The highest BCUT2D eigenvalue weighted by molar-refractivity contribution is 5.86. The molecule has 0 spiro atoms. The number of fused-ring (bicyclic) bond motifs is 1. The van der Waals surface area contributed by atoms with E-state index in [0.29, 0.717) is 17.7 Å². The maximum atomic E-state index is 13.2. The number of rotatable bonds is 6. The molecule has 5 rings (SSSR count). The maximum Gasteiger partial charge on any atom is 0.193 e. The number of para-hydroxylation sites is 3. The van der Waals surface area contributed by atoms with Gasteiger partial charge < -0.3 is 10.2 Å². The lowest BCUT2D eigenvalue weighted by Gasteiger charge is -2.23. The first-order chi connectivity index (χ1) is 16.2.